The molecule has 1 saturated carbocycles. The molecule has 0 aromatic carbocycles. The van der Waals surface area contributed by atoms with Gasteiger partial charge >= 0.3 is 0 Å². The summed E-state index contributed by atoms with van der Waals surface area (Å²) in [5.41, 5.74) is 0. The van der Waals surface area contributed by atoms with Crippen LogP contribution in [0.3, 0.4) is 0 Å². The van der Waals surface area contributed by atoms with Crippen LogP contribution in [0.4, 0.5) is 0 Å². The van der Waals surface area contributed by atoms with Crippen LogP contribution < -0.4 is 0 Å². The summed E-state index contributed by atoms with van der Waals surface area (Å²) in [6.07, 6.45) is -2.62. The van der Waals surface area contributed by atoms with Crippen molar-refractivity contribution in [2.75, 3.05) is 13.4 Å². The van der Waals surface area contributed by atoms with Gasteiger partial charge in [-0.05, 0) is 27.7 Å². The predicted molar refractivity (Wildman–Crippen MR) is 78.2 cm³/mol. The Balaban J connectivity index is 1.99. The minimum absolute atomic E-state index is 0.430. The number of methoxy groups -OCH3 is 1. The molecule has 3 rings (SSSR count). The van der Waals surface area contributed by atoms with Crippen molar-refractivity contribution in [1.82, 2.24) is 0 Å². The Kier molecular flexibility index (Phi) is 4.08. The third-order valence-corrected chi connectivity index (χ3v) is 4.75. The zero-order chi connectivity index (χ0) is 17.2. The van der Waals surface area contributed by atoms with Crippen LogP contribution in [-0.2, 0) is 38.0 Å². The number of rotatable bonds is 3. The van der Waals surface area contributed by atoms with E-state index < -0.39 is 58.3 Å². The van der Waals surface area contributed by atoms with Crippen LogP contribution in [-0.4, -0.2) is 70.0 Å². The first-order chi connectivity index (χ1) is 10.4. The molecule has 8 nitrogen and oxygen atoms in total. The smallest absolute Gasteiger partial charge is 0.264 e. The molecule has 2 saturated heterocycles. The molecule has 23 heavy (non-hydrogen) atoms. The van der Waals surface area contributed by atoms with Gasteiger partial charge in [-0.3, -0.25) is 4.18 Å². The molecular formula is C14H24O8S. The highest BCUT2D eigenvalue weighted by Crippen LogP contribution is 2.46. The minimum Gasteiger partial charge on any atom is -0.376 e. The quantitative estimate of drug-likeness (QED) is 0.674. The molecule has 134 valence electrons. The SMILES string of the molecule is CO[C@H]1[C@@H]2OC(C)(C)O[C@H]2[C@@H]2OC(C)(C)O[C@@H]2[C@H]1OS(C)(=O)=O. The number of hydrogen-bond acceptors (Lipinski definition) is 8. The molecule has 0 aromatic heterocycles. The second-order valence-electron chi connectivity index (χ2n) is 7.09. The van der Waals surface area contributed by atoms with E-state index in [-0.39, 0.29) is 0 Å². The van der Waals surface area contributed by atoms with E-state index in [1.54, 1.807) is 27.7 Å². The summed E-state index contributed by atoms with van der Waals surface area (Å²) < 4.78 is 57.9. The molecule has 3 aliphatic rings. The molecule has 0 unspecified atom stereocenters. The lowest BCUT2D eigenvalue weighted by Gasteiger charge is -2.41. The van der Waals surface area contributed by atoms with Crippen LogP contribution in [0.25, 0.3) is 0 Å². The van der Waals surface area contributed by atoms with Gasteiger partial charge in [0.15, 0.2) is 11.6 Å². The van der Waals surface area contributed by atoms with Crippen LogP contribution >= 0.6 is 0 Å². The molecular weight excluding hydrogens is 328 g/mol. The van der Waals surface area contributed by atoms with Crippen molar-refractivity contribution in [3.05, 3.63) is 0 Å². The fraction of sp³-hybridized carbons (Fsp3) is 1.00. The molecule has 1 aliphatic carbocycles. The zero-order valence-electron chi connectivity index (χ0n) is 14.1. The van der Waals surface area contributed by atoms with E-state index in [1.165, 1.54) is 7.11 Å². The van der Waals surface area contributed by atoms with E-state index in [0.29, 0.717) is 0 Å². The van der Waals surface area contributed by atoms with E-state index >= 15 is 0 Å². The molecule has 0 aromatic rings. The molecule has 2 aliphatic heterocycles. The molecule has 0 radical (unpaired) electrons. The van der Waals surface area contributed by atoms with Gasteiger partial charge in [-0.2, -0.15) is 8.42 Å². The van der Waals surface area contributed by atoms with E-state index in [0.717, 1.165) is 6.26 Å². The van der Waals surface area contributed by atoms with Crippen molar-refractivity contribution in [1.29, 1.82) is 0 Å². The predicted octanol–water partition coefficient (Wildman–Crippen LogP) is 0.400. The second kappa shape index (κ2) is 5.35. The summed E-state index contributed by atoms with van der Waals surface area (Å²) in [6.45, 7) is 7.11. The maximum atomic E-state index is 11.7. The first-order valence-corrected chi connectivity index (χ1v) is 9.36. The van der Waals surface area contributed by atoms with Crippen molar-refractivity contribution in [3.63, 3.8) is 0 Å². The van der Waals surface area contributed by atoms with Gasteiger partial charge in [-0.15, -0.1) is 0 Å². The summed E-state index contributed by atoms with van der Waals surface area (Å²) in [4.78, 5) is 0. The third kappa shape index (κ3) is 3.28. The van der Waals surface area contributed by atoms with E-state index in [4.69, 9.17) is 27.9 Å². The Morgan fingerprint density at radius 1 is 0.783 bits per heavy atom. The molecule has 0 amide bonds. The highest BCUT2D eigenvalue weighted by atomic mass is 32.2. The van der Waals surface area contributed by atoms with Crippen molar-refractivity contribution < 1.29 is 36.3 Å². The molecule has 6 atom stereocenters. The van der Waals surface area contributed by atoms with Crippen LogP contribution in [0.2, 0.25) is 0 Å². The summed E-state index contributed by atoms with van der Waals surface area (Å²) in [5, 5.41) is 0. The Morgan fingerprint density at radius 2 is 1.17 bits per heavy atom. The molecule has 3 fully saturated rings. The van der Waals surface area contributed by atoms with Crippen molar-refractivity contribution in [2.45, 2.75) is 75.9 Å². The lowest BCUT2D eigenvalue weighted by atomic mass is 9.85. The molecule has 0 N–H and O–H groups in total. The van der Waals surface area contributed by atoms with Crippen molar-refractivity contribution >= 4 is 10.1 Å². The summed E-state index contributed by atoms with van der Waals surface area (Å²) in [7, 11) is -2.23. The standard InChI is InChI=1S/C14H24O8S/c1-13(2)18-8-7(17-5)12(22-23(6,15)16)11-10(9(8)19-13)20-14(3,4)21-11/h7-12H,1-6H3/t7-,8-,9+,10-,11-,12-/m0/s1. The number of hydrogen-bond donors (Lipinski definition) is 0. The monoisotopic (exact) mass is 352 g/mol. The first-order valence-electron chi connectivity index (χ1n) is 7.55. The number of fused-ring (bicyclic) bond motifs is 3. The summed E-state index contributed by atoms with van der Waals surface area (Å²) in [5.74, 6) is -1.70. The van der Waals surface area contributed by atoms with Gasteiger partial charge in [0.25, 0.3) is 10.1 Å². The van der Waals surface area contributed by atoms with Gasteiger partial charge in [0, 0.05) is 7.11 Å². The average molecular weight is 352 g/mol. The second-order valence-corrected chi connectivity index (χ2v) is 8.70. The Morgan fingerprint density at radius 3 is 1.57 bits per heavy atom. The molecule has 2 heterocycles. The maximum Gasteiger partial charge on any atom is 0.264 e. The molecule has 0 bridgehead atoms. The largest absolute Gasteiger partial charge is 0.376 e. The molecule has 0 spiro atoms. The lowest BCUT2D eigenvalue weighted by molar-refractivity contribution is -0.185. The zero-order valence-corrected chi connectivity index (χ0v) is 15.0. The van der Waals surface area contributed by atoms with Crippen LogP contribution in [0, 0.1) is 0 Å². The highest BCUT2D eigenvalue weighted by molar-refractivity contribution is 7.86. The van der Waals surface area contributed by atoms with Gasteiger partial charge in [-0.25, -0.2) is 0 Å². The van der Waals surface area contributed by atoms with Crippen LogP contribution in [0.1, 0.15) is 27.7 Å². The van der Waals surface area contributed by atoms with Gasteiger partial charge < -0.3 is 23.7 Å². The highest BCUT2D eigenvalue weighted by Gasteiger charge is 2.64. The van der Waals surface area contributed by atoms with Crippen LogP contribution in [0.15, 0.2) is 0 Å². The Labute approximate surface area is 136 Å². The minimum atomic E-state index is -3.71. The normalized spacial score (nSPS) is 44.8. The van der Waals surface area contributed by atoms with Gasteiger partial charge in [0.1, 0.15) is 36.6 Å². The van der Waals surface area contributed by atoms with Gasteiger partial charge in [-0.1, -0.05) is 0 Å². The van der Waals surface area contributed by atoms with E-state index in [1.807, 2.05) is 0 Å². The molecule has 9 heteroatoms. The topological polar surface area (TPSA) is 89.5 Å². The lowest BCUT2D eigenvalue weighted by Crippen LogP contribution is -2.63. The average Bonchev–Trinajstić information content (AvgIpc) is 2.83. The van der Waals surface area contributed by atoms with E-state index in [2.05, 4.69) is 0 Å². The Hall–Kier alpha value is -0.290. The fourth-order valence-electron chi connectivity index (χ4n) is 3.60. The third-order valence-electron chi connectivity index (χ3n) is 4.18. The van der Waals surface area contributed by atoms with E-state index in [9.17, 15) is 8.42 Å². The summed E-state index contributed by atoms with van der Waals surface area (Å²) >= 11 is 0. The fourth-order valence-corrected chi connectivity index (χ4v) is 4.23. The van der Waals surface area contributed by atoms with Gasteiger partial charge in [0.2, 0.25) is 0 Å². The first kappa shape index (κ1) is 17.5. The van der Waals surface area contributed by atoms with Crippen molar-refractivity contribution in [3.8, 4) is 0 Å². The maximum absolute atomic E-state index is 11.7. The van der Waals surface area contributed by atoms with Gasteiger partial charge in [0.05, 0.1) is 6.26 Å². The number of ether oxygens (including phenoxy) is 5. The van der Waals surface area contributed by atoms with Crippen molar-refractivity contribution in [2.24, 2.45) is 0 Å². The van der Waals surface area contributed by atoms with Crippen LogP contribution in [0.5, 0.6) is 0 Å². The Bertz CT molecular complexity index is 571. The summed E-state index contributed by atoms with van der Waals surface area (Å²) in [6, 6.07) is 0.